The zero-order valence-corrected chi connectivity index (χ0v) is 9.49. The van der Waals surface area contributed by atoms with Crippen LogP contribution in [-0.2, 0) is 4.57 Å². The highest BCUT2D eigenvalue weighted by Gasteiger charge is 2.24. The van der Waals surface area contributed by atoms with Crippen LogP contribution in [0.25, 0.3) is 0 Å². The van der Waals surface area contributed by atoms with E-state index in [2.05, 4.69) is 20.8 Å². The van der Waals surface area contributed by atoms with Crippen molar-refractivity contribution in [2.45, 2.75) is 52.9 Å². The Morgan fingerprint density at radius 2 is 1.67 bits per heavy atom. The van der Waals surface area contributed by atoms with Gasteiger partial charge in [0.05, 0.1) is 0 Å². The summed E-state index contributed by atoms with van der Waals surface area (Å²) in [6, 6.07) is 0. The molecule has 0 saturated heterocycles. The summed E-state index contributed by atoms with van der Waals surface area (Å²) in [6.45, 7) is 6.73. The summed E-state index contributed by atoms with van der Waals surface area (Å²) in [5.74, 6) is 0. The van der Waals surface area contributed by atoms with Gasteiger partial charge in [-0.05, 0) is 18.3 Å². The van der Waals surface area contributed by atoms with E-state index in [-0.39, 0.29) is 0 Å². The van der Waals surface area contributed by atoms with Crippen LogP contribution in [0.2, 0.25) is 0 Å². The van der Waals surface area contributed by atoms with Gasteiger partial charge in [-0.2, -0.15) is 0 Å². The molecule has 0 aliphatic carbocycles. The molecule has 0 radical (unpaired) electrons. The van der Waals surface area contributed by atoms with E-state index in [1.165, 1.54) is 25.7 Å². The van der Waals surface area contributed by atoms with E-state index in [0.717, 1.165) is 12.6 Å². The summed E-state index contributed by atoms with van der Waals surface area (Å²) < 4.78 is 10.4. The van der Waals surface area contributed by atoms with Gasteiger partial charge in [-0.3, -0.25) is 4.57 Å². The minimum absolute atomic E-state index is 0.313. The first-order chi connectivity index (χ1) is 5.74. The lowest BCUT2D eigenvalue weighted by Gasteiger charge is -2.30. The van der Waals surface area contributed by atoms with Crippen molar-refractivity contribution in [3.63, 3.8) is 0 Å². The molecule has 0 unspecified atom stereocenters. The maximum absolute atomic E-state index is 10.4. The van der Waals surface area contributed by atoms with E-state index in [1.54, 1.807) is 0 Å². The minimum Gasteiger partial charge on any atom is -0.275 e. The standard InChI is InChI=1S/C10H21OP/c1-4-7-10(5-2,6-3)8-9-12-11/h4-9H2,1-3H3. The minimum atomic E-state index is 0.313. The molecule has 0 atom stereocenters. The lowest BCUT2D eigenvalue weighted by Crippen LogP contribution is -2.19. The molecule has 0 rings (SSSR count). The maximum atomic E-state index is 10.4. The molecular formula is C10H21OP. The Bertz CT molecular complexity index is 119. The van der Waals surface area contributed by atoms with Crippen LogP contribution in [-0.4, -0.2) is 6.16 Å². The van der Waals surface area contributed by atoms with Gasteiger partial charge in [-0.15, -0.1) is 0 Å². The zero-order valence-electron chi connectivity index (χ0n) is 8.60. The summed E-state index contributed by atoms with van der Waals surface area (Å²) in [5, 5.41) is 0. The highest BCUT2D eigenvalue weighted by Crippen LogP contribution is 2.36. The topological polar surface area (TPSA) is 17.1 Å². The van der Waals surface area contributed by atoms with Crippen molar-refractivity contribution in [2.75, 3.05) is 6.16 Å². The second-order valence-corrected chi connectivity index (χ2v) is 4.27. The molecule has 0 aromatic rings. The third-order valence-electron chi connectivity index (χ3n) is 3.01. The Labute approximate surface area is 78.1 Å². The fraction of sp³-hybridized carbons (Fsp3) is 1.00. The van der Waals surface area contributed by atoms with Crippen molar-refractivity contribution in [3.05, 3.63) is 0 Å². The fourth-order valence-corrected chi connectivity index (χ4v) is 2.46. The molecule has 0 aromatic heterocycles. The van der Waals surface area contributed by atoms with E-state index in [0.29, 0.717) is 13.9 Å². The van der Waals surface area contributed by atoms with Gasteiger partial charge in [-0.1, -0.05) is 40.0 Å². The molecule has 2 heteroatoms. The van der Waals surface area contributed by atoms with Crippen LogP contribution >= 0.6 is 8.46 Å². The molecule has 0 saturated carbocycles. The van der Waals surface area contributed by atoms with Crippen LogP contribution in [0.15, 0.2) is 0 Å². The van der Waals surface area contributed by atoms with Gasteiger partial charge in [0.1, 0.15) is 0 Å². The molecule has 0 amide bonds. The average molecular weight is 188 g/mol. The van der Waals surface area contributed by atoms with Crippen molar-refractivity contribution in [2.24, 2.45) is 5.41 Å². The van der Waals surface area contributed by atoms with Gasteiger partial charge in [0, 0.05) is 6.16 Å². The number of rotatable bonds is 7. The first-order valence-electron chi connectivity index (χ1n) is 5.03. The molecule has 0 N–H and O–H groups in total. The van der Waals surface area contributed by atoms with Crippen LogP contribution in [0.4, 0.5) is 0 Å². The quantitative estimate of drug-likeness (QED) is 0.545. The van der Waals surface area contributed by atoms with Gasteiger partial charge < -0.3 is 0 Å². The normalized spacial score (nSPS) is 12.2. The van der Waals surface area contributed by atoms with Gasteiger partial charge in [0.25, 0.3) is 0 Å². The Hall–Kier alpha value is 0.100. The van der Waals surface area contributed by atoms with E-state index >= 15 is 0 Å². The highest BCUT2D eigenvalue weighted by atomic mass is 31.1. The lowest BCUT2D eigenvalue weighted by atomic mass is 9.76. The van der Waals surface area contributed by atoms with E-state index in [4.69, 9.17) is 0 Å². The first-order valence-corrected chi connectivity index (χ1v) is 6.03. The predicted octanol–water partition coefficient (Wildman–Crippen LogP) is 4.27. The molecule has 0 aromatic carbocycles. The molecule has 0 fully saturated rings. The van der Waals surface area contributed by atoms with E-state index in [1.807, 2.05) is 0 Å². The second-order valence-electron chi connectivity index (χ2n) is 3.56. The second kappa shape index (κ2) is 6.60. The predicted molar refractivity (Wildman–Crippen MR) is 55.0 cm³/mol. The van der Waals surface area contributed by atoms with Gasteiger partial charge >= 0.3 is 0 Å². The number of hydrogen-bond acceptors (Lipinski definition) is 1. The third kappa shape index (κ3) is 3.67. The fourth-order valence-electron chi connectivity index (χ4n) is 1.90. The molecule has 0 bridgehead atoms. The van der Waals surface area contributed by atoms with Gasteiger partial charge in [0.2, 0.25) is 0 Å². The van der Waals surface area contributed by atoms with E-state index < -0.39 is 0 Å². The van der Waals surface area contributed by atoms with Crippen molar-refractivity contribution < 1.29 is 4.57 Å². The summed E-state index contributed by atoms with van der Waals surface area (Å²) in [5.41, 5.74) is 0.478. The lowest BCUT2D eigenvalue weighted by molar-refractivity contribution is 0.228. The molecule has 1 nitrogen and oxygen atoms in total. The van der Waals surface area contributed by atoms with Gasteiger partial charge in [0.15, 0.2) is 8.46 Å². The van der Waals surface area contributed by atoms with Crippen molar-refractivity contribution in [1.29, 1.82) is 0 Å². The zero-order chi connectivity index (χ0) is 9.45. The molecule has 0 aliphatic heterocycles. The summed E-state index contributed by atoms with van der Waals surface area (Å²) >= 11 is 0. The van der Waals surface area contributed by atoms with Crippen LogP contribution < -0.4 is 0 Å². The van der Waals surface area contributed by atoms with Crippen molar-refractivity contribution in [3.8, 4) is 0 Å². The summed E-state index contributed by atoms with van der Waals surface area (Å²) in [4.78, 5) is 0. The van der Waals surface area contributed by atoms with Crippen LogP contribution in [0.3, 0.4) is 0 Å². The molecular weight excluding hydrogens is 167 g/mol. The molecule has 12 heavy (non-hydrogen) atoms. The third-order valence-corrected chi connectivity index (χ3v) is 3.42. The van der Waals surface area contributed by atoms with Crippen LogP contribution in [0.5, 0.6) is 0 Å². The molecule has 0 spiro atoms. The Kier molecular flexibility index (Phi) is 6.65. The van der Waals surface area contributed by atoms with Crippen molar-refractivity contribution >= 4 is 8.46 Å². The Morgan fingerprint density at radius 3 is 2.00 bits per heavy atom. The van der Waals surface area contributed by atoms with E-state index in [9.17, 15) is 4.57 Å². The Balaban J connectivity index is 4.03. The highest BCUT2D eigenvalue weighted by molar-refractivity contribution is 7.23. The monoisotopic (exact) mass is 188 g/mol. The van der Waals surface area contributed by atoms with Gasteiger partial charge in [-0.25, -0.2) is 0 Å². The smallest absolute Gasteiger partial charge is 0.155 e. The molecule has 72 valence electrons. The summed E-state index contributed by atoms with van der Waals surface area (Å²) in [6.07, 6.45) is 6.95. The molecule has 0 heterocycles. The Morgan fingerprint density at radius 1 is 1.08 bits per heavy atom. The average Bonchev–Trinajstić information content (AvgIpc) is 2.13. The number of hydrogen-bond donors (Lipinski definition) is 0. The van der Waals surface area contributed by atoms with Crippen molar-refractivity contribution in [1.82, 2.24) is 0 Å². The SMILES string of the molecule is CCCC(CC)(CC)CCP=O. The first kappa shape index (κ1) is 12.1. The molecule has 0 aliphatic rings. The van der Waals surface area contributed by atoms with Crippen LogP contribution in [0, 0.1) is 5.41 Å². The summed E-state index contributed by atoms with van der Waals surface area (Å²) in [7, 11) is 0.313. The largest absolute Gasteiger partial charge is 0.275 e. The maximum Gasteiger partial charge on any atom is 0.155 e. The van der Waals surface area contributed by atoms with Crippen LogP contribution in [0.1, 0.15) is 52.9 Å².